The predicted molar refractivity (Wildman–Crippen MR) is 68.9 cm³/mol. The number of rotatable bonds is 1. The van der Waals surface area contributed by atoms with E-state index in [2.05, 4.69) is 51.1 Å². The van der Waals surface area contributed by atoms with E-state index < -0.39 is 0 Å². The lowest BCUT2D eigenvalue weighted by Gasteiger charge is -2.40. The first-order valence-electron chi connectivity index (χ1n) is 6.53. The highest BCUT2D eigenvalue weighted by Crippen LogP contribution is 2.70. The third-order valence-corrected chi connectivity index (χ3v) is 6.03. The molecule has 2 fully saturated rings. The molecule has 1 heteroatoms. The van der Waals surface area contributed by atoms with Gasteiger partial charge in [-0.1, -0.05) is 51.1 Å². The lowest BCUT2D eigenvalue weighted by atomic mass is 9.62. The highest BCUT2D eigenvalue weighted by atomic mass is 16.1. The van der Waals surface area contributed by atoms with Gasteiger partial charge in [0, 0.05) is 17.3 Å². The Morgan fingerprint density at radius 1 is 1.00 bits per heavy atom. The zero-order valence-electron chi connectivity index (χ0n) is 10.9. The maximum atomic E-state index is 12.4. The van der Waals surface area contributed by atoms with E-state index >= 15 is 0 Å². The summed E-state index contributed by atoms with van der Waals surface area (Å²) < 4.78 is 0. The van der Waals surface area contributed by atoms with Crippen molar-refractivity contribution in [2.45, 2.75) is 45.4 Å². The van der Waals surface area contributed by atoms with E-state index in [0.717, 1.165) is 19.3 Å². The van der Waals surface area contributed by atoms with Crippen LogP contribution in [0.3, 0.4) is 0 Å². The number of fused-ring (bicyclic) bond motifs is 2. The molecule has 0 spiro atoms. The van der Waals surface area contributed by atoms with Crippen LogP contribution in [0.4, 0.5) is 0 Å². The van der Waals surface area contributed by atoms with Gasteiger partial charge in [-0.15, -0.1) is 0 Å². The van der Waals surface area contributed by atoms with Gasteiger partial charge in [0.2, 0.25) is 0 Å². The number of ketones is 1. The van der Waals surface area contributed by atoms with Gasteiger partial charge in [0.15, 0.2) is 0 Å². The maximum Gasteiger partial charge on any atom is 0.140 e. The van der Waals surface area contributed by atoms with Crippen LogP contribution < -0.4 is 0 Å². The van der Waals surface area contributed by atoms with Gasteiger partial charge in [0.05, 0.1) is 0 Å². The molecular weight excluding hydrogens is 208 g/mol. The van der Waals surface area contributed by atoms with Gasteiger partial charge in [-0.05, 0) is 23.8 Å². The Morgan fingerprint density at radius 2 is 1.65 bits per heavy atom. The van der Waals surface area contributed by atoms with Crippen molar-refractivity contribution in [3.05, 3.63) is 35.9 Å². The van der Waals surface area contributed by atoms with Gasteiger partial charge in [-0.25, -0.2) is 0 Å². The summed E-state index contributed by atoms with van der Waals surface area (Å²) in [7, 11) is 0. The van der Waals surface area contributed by atoms with Gasteiger partial charge in [-0.3, -0.25) is 4.79 Å². The molecule has 17 heavy (non-hydrogen) atoms. The maximum absolute atomic E-state index is 12.4. The van der Waals surface area contributed by atoms with Crippen LogP contribution in [0.25, 0.3) is 0 Å². The summed E-state index contributed by atoms with van der Waals surface area (Å²) in [4.78, 5) is 12.4. The molecule has 2 atom stereocenters. The zero-order chi connectivity index (χ0) is 12.3. The van der Waals surface area contributed by atoms with Crippen LogP contribution in [-0.2, 0) is 10.2 Å². The molecule has 2 aliphatic carbocycles. The lowest BCUT2D eigenvalue weighted by molar-refractivity contribution is -0.128. The summed E-state index contributed by atoms with van der Waals surface area (Å²) in [5.74, 6) is 0.470. The first-order valence-corrected chi connectivity index (χ1v) is 6.53. The molecule has 0 radical (unpaired) electrons. The highest BCUT2D eigenvalue weighted by molar-refractivity contribution is 5.91. The van der Waals surface area contributed by atoms with Crippen LogP contribution in [0, 0.1) is 10.8 Å². The molecule has 1 aromatic carbocycles. The van der Waals surface area contributed by atoms with Gasteiger partial charge >= 0.3 is 0 Å². The fourth-order valence-electron chi connectivity index (χ4n) is 4.25. The third-order valence-electron chi connectivity index (χ3n) is 6.03. The minimum Gasteiger partial charge on any atom is -0.299 e. The summed E-state index contributed by atoms with van der Waals surface area (Å²) in [5.41, 5.74) is 1.42. The van der Waals surface area contributed by atoms with Crippen LogP contribution in [0.1, 0.15) is 45.6 Å². The summed E-state index contributed by atoms with van der Waals surface area (Å²) in [6.45, 7) is 6.75. The van der Waals surface area contributed by atoms with Crippen molar-refractivity contribution >= 4 is 5.78 Å². The Labute approximate surface area is 103 Å². The van der Waals surface area contributed by atoms with Crippen molar-refractivity contribution in [3.8, 4) is 0 Å². The average Bonchev–Trinajstić information content (AvgIpc) is 2.61. The topological polar surface area (TPSA) is 17.1 Å². The third kappa shape index (κ3) is 1.04. The van der Waals surface area contributed by atoms with Gasteiger partial charge in [0.25, 0.3) is 0 Å². The second kappa shape index (κ2) is 3.01. The molecule has 1 aromatic rings. The fourth-order valence-corrected chi connectivity index (χ4v) is 4.25. The van der Waals surface area contributed by atoms with E-state index in [4.69, 9.17) is 0 Å². The Bertz CT molecular complexity index is 474. The van der Waals surface area contributed by atoms with Gasteiger partial charge < -0.3 is 0 Å². The lowest BCUT2D eigenvalue weighted by Crippen LogP contribution is -2.38. The number of hydrogen-bond acceptors (Lipinski definition) is 1. The average molecular weight is 228 g/mol. The molecule has 0 aromatic heterocycles. The van der Waals surface area contributed by atoms with E-state index in [1.165, 1.54) is 5.56 Å². The SMILES string of the molecule is CC12CCC(c3ccccc3)(CC1=O)C2(C)C. The van der Waals surface area contributed by atoms with Crippen molar-refractivity contribution in [3.63, 3.8) is 0 Å². The fraction of sp³-hybridized carbons (Fsp3) is 0.562. The van der Waals surface area contributed by atoms with Gasteiger partial charge in [0.1, 0.15) is 5.78 Å². The summed E-state index contributed by atoms with van der Waals surface area (Å²) >= 11 is 0. The summed E-state index contributed by atoms with van der Waals surface area (Å²) in [6, 6.07) is 10.6. The van der Waals surface area contributed by atoms with E-state index in [0.29, 0.717) is 5.78 Å². The van der Waals surface area contributed by atoms with Crippen LogP contribution in [0.2, 0.25) is 0 Å². The molecule has 1 nitrogen and oxygen atoms in total. The molecule has 0 heterocycles. The van der Waals surface area contributed by atoms with E-state index in [9.17, 15) is 4.79 Å². The number of carbonyl (C=O) groups excluding carboxylic acids is 1. The molecule has 2 bridgehead atoms. The normalized spacial score (nSPS) is 38.6. The number of Topliss-reactive ketones (excluding diaryl/α,β-unsaturated/α-hetero) is 1. The second-order valence-corrected chi connectivity index (χ2v) is 6.51. The van der Waals surface area contributed by atoms with Crippen LogP contribution >= 0.6 is 0 Å². The number of carbonyl (C=O) groups is 1. The van der Waals surface area contributed by atoms with E-state index in [1.807, 2.05) is 0 Å². The number of hydrogen-bond donors (Lipinski definition) is 0. The molecule has 0 amide bonds. The Balaban J connectivity index is 2.20. The van der Waals surface area contributed by atoms with E-state index in [1.54, 1.807) is 0 Å². The Kier molecular flexibility index (Phi) is 1.95. The quantitative estimate of drug-likeness (QED) is 0.716. The van der Waals surface area contributed by atoms with Crippen molar-refractivity contribution < 1.29 is 4.79 Å². The Morgan fingerprint density at radius 3 is 2.12 bits per heavy atom. The molecule has 0 saturated heterocycles. The minimum atomic E-state index is -0.108. The van der Waals surface area contributed by atoms with Crippen molar-refractivity contribution in [1.82, 2.24) is 0 Å². The minimum absolute atomic E-state index is 0.0818. The molecule has 2 aliphatic rings. The Hall–Kier alpha value is -1.11. The van der Waals surface area contributed by atoms with Crippen LogP contribution in [-0.4, -0.2) is 5.78 Å². The van der Waals surface area contributed by atoms with E-state index in [-0.39, 0.29) is 16.2 Å². The highest BCUT2D eigenvalue weighted by Gasteiger charge is 2.69. The first kappa shape index (κ1) is 11.0. The first-order chi connectivity index (χ1) is 7.94. The molecular formula is C16H20O. The van der Waals surface area contributed by atoms with Crippen LogP contribution in [0.15, 0.2) is 30.3 Å². The largest absolute Gasteiger partial charge is 0.299 e. The molecule has 3 rings (SSSR count). The monoisotopic (exact) mass is 228 g/mol. The van der Waals surface area contributed by atoms with Crippen molar-refractivity contribution in [1.29, 1.82) is 0 Å². The van der Waals surface area contributed by atoms with Crippen molar-refractivity contribution in [2.75, 3.05) is 0 Å². The summed E-state index contributed by atoms with van der Waals surface area (Å²) in [5, 5.41) is 0. The summed E-state index contributed by atoms with van der Waals surface area (Å²) in [6.07, 6.45) is 2.94. The molecule has 2 unspecified atom stereocenters. The van der Waals surface area contributed by atoms with Gasteiger partial charge in [-0.2, -0.15) is 0 Å². The second-order valence-electron chi connectivity index (χ2n) is 6.51. The molecule has 0 aliphatic heterocycles. The van der Waals surface area contributed by atoms with Crippen molar-refractivity contribution in [2.24, 2.45) is 10.8 Å². The zero-order valence-corrected chi connectivity index (χ0v) is 10.9. The molecule has 90 valence electrons. The smallest absolute Gasteiger partial charge is 0.140 e. The van der Waals surface area contributed by atoms with Crippen LogP contribution in [0.5, 0.6) is 0 Å². The molecule has 0 N–H and O–H groups in total. The number of benzene rings is 1. The predicted octanol–water partition coefficient (Wildman–Crippen LogP) is 3.72. The standard InChI is InChI=1S/C16H20O/c1-14(2)15(3)9-10-16(14,11-13(15)17)12-7-5-4-6-8-12/h4-8H,9-11H2,1-3H3. The molecule has 2 saturated carbocycles.